The average Bonchev–Trinajstić information content (AvgIpc) is 2.92. The smallest absolute Gasteiger partial charge is 0.272 e. The second-order valence-corrected chi connectivity index (χ2v) is 6.51. The molecule has 1 aliphatic heterocycles. The van der Waals surface area contributed by atoms with Crippen molar-refractivity contribution in [3.05, 3.63) is 45.2 Å². The molecule has 1 aromatic carbocycles. The van der Waals surface area contributed by atoms with Crippen molar-refractivity contribution < 1.29 is 9.69 Å². The number of nitrogens with zero attached hydrogens (tertiary/aromatic N) is 1. The number of carbonyl (C=O) groups excluding carboxylic acids is 1. The molecular formula is C17H20N3O2+. The van der Waals surface area contributed by atoms with E-state index in [0.29, 0.717) is 6.54 Å². The lowest BCUT2D eigenvalue weighted by atomic mass is 10.0. The second kappa shape index (κ2) is 4.68. The van der Waals surface area contributed by atoms with Crippen molar-refractivity contribution in [3.63, 3.8) is 0 Å². The molecule has 1 unspecified atom stereocenters. The number of rotatable bonds is 2. The minimum Gasteiger partial charge on any atom is -0.365 e. The molecule has 2 aromatic rings. The Morgan fingerprint density at radius 2 is 2.27 bits per heavy atom. The summed E-state index contributed by atoms with van der Waals surface area (Å²) >= 11 is 0. The highest BCUT2D eigenvalue weighted by Crippen LogP contribution is 2.31. The molecule has 5 nitrogen and oxygen atoms in total. The monoisotopic (exact) mass is 298 g/mol. The summed E-state index contributed by atoms with van der Waals surface area (Å²) in [6, 6.07) is 6.34. The van der Waals surface area contributed by atoms with E-state index in [0.717, 1.165) is 53.7 Å². The van der Waals surface area contributed by atoms with Gasteiger partial charge in [0.25, 0.3) is 5.91 Å². The number of fused-ring (bicyclic) bond motifs is 2. The molecule has 1 amide bonds. The normalized spacial score (nSPS) is 22.8. The standard InChI is InChI=1S/C17H19N3O2/c1-10-2-4-13-12(8-10)17(22)11-3-5-14-16(11)20(13)7-6-19(14)9-15(18)21/h2,4,8,14H,3,5-7,9H2,1H3,(H2,18,21)/p+1/t14-/m0/s1. The van der Waals surface area contributed by atoms with E-state index in [9.17, 15) is 9.59 Å². The molecule has 22 heavy (non-hydrogen) atoms. The van der Waals surface area contributed by atoms with E-state index in [1.54, 1.807) is 0 Å². The summed E-state index contributed by atoms with van der Waals surface area (Å²) in [5, 5.41) is 0.831. The van der Waals surface area contributed by atoms with E-state index >= 15 is 0 Å². The van der Waals surface area contributed by atoms with Crippen LogP contribution in [0.25, 0.3) is 10.9 Å². The molecular weight excluding hydrogens is 278 g/mol. The predicted molar refractivity (Wildman–Crippen MR) is 83.9 cm³/mol. The third-order valence-electron chi connectivity index (χ3n) is 5.13. The fourth-order valence-corrected chi connectivity index (χ4v) is 4.21. The number of benzene rings is 1. The van der Waals surface area contributed by atoms with Crippen molar-refractivity contribution in [2.45, 2.75) is 32.4 Å². The van der Waals surface area contributed by atoms with Gasteiger partial charge in [-0.2, -0.15) is 0 Å². The summed E-state index contributed by atoms with van der Waals surface area (Å²) in [6.45, 7) is 4.08. The number of aryl methyl sites for hydroxylation is 1. The average molecular weight is 298 g/mol. The van der Waals surface area contributed by atoms with Gasteiger partial charge < -0.3 is 15.2 Å². The Hall–Kier alpha value is -2.14. The second-order valence-electron chi connectivity index (χ2n) is 6.51. The van der Waals surface area contributed by atoms with Gasteiger partial charge in [-0.25, -0.2) is 0 Å². The van der Waals surface area contributed by atoms with Gasteiger partial charge in [-0.1, -0.05) is 11.6 Å². The largest absolute Gasteiger partial charge is 0.365 e. The van der Waals surface area contributed by atoms with Gasteiger partial charge in [-0.3, -0.25) is 9.59 Å². The van der Waals surface area contributed by atoms with Gasteiger partial charge in [0.1, 0.15) is 6.04 Å². The Morgan fingerprint density at radius 3 is 3.05 bits per heavy atom. The van der Waals surface area contributed by atoms with Crippen LogP contribution in [0.1, 0.15) is 29.3 Å². The van der Waals surface area contributed by atoms with Crippen LogP contribution in [0.5, 0.6) is 0 Å². The summed E-state index contributed by atoms with van der Waals surface area (Å²) in [4.78, 5) is 25.3. The van der Waals surface area contributed by atoms with Crippen molar-refractivity contribution in [3.8, 4) is 0 Å². The highest BCUT2D eigenvalue weighted by Gasteiger charge is 2.39. The summed E-state index contributed by atoms with van der Waals surface area (Å²) in [6.07, 6.45) is 1.74. The molecule has 114 valence electrons. The van der Waals surface area contributed by atoms with E-state index in [2.05, 4.69) is 16.7 Å². The number of hydrogen-bond donors (Lipinski definition) is 2. The van der Waals surface area contributed by atoms with Crippen LogP contribution in [0.2, 0.25) is 0 Å². The molecule has 0 saturated heterocycles. The maximum absolute atomic E-state index is 12.8. The van der Waals surface area contributed by atoms with Crippen molar-refractivity contribution in [1.82, 2.24) is 4.57 Å². The summed E-state index contributed by atoms with van der Waals surface area (Å²) < 4.78 is 2.30. The molecule has 3 N–H and O–H groups in total. The van der Waals surface area contributed by atoms with Crippen LogP contribution in [-0.2, 0) is 17.8 Å². The van der Waals surface area contributed by atoms with Crippen LogP contribution in [0.3, 0.4) is 0 Å². The first kappa shape index (κ1) is 13.5. The fourth-order valence-electron chi connectivity index (χ4n) is 4.21. The van der Waals surface area contributed by atoms with Gasteiger partial charge in [0.2, 0.25) is 0 Å². The van der Waals surface area contributed by atoms with Gasteiger partial charge in [-0.05, 0) is 25.5 Å². The molecule has 0 spiro atoms. The topological polar surface area (TPSA) is 69.5 Å². The van der Waals surface area contributed by atoms with Gasteiger partial charge in [0.05, 0.1) is 24.3 Å². The summed E-state index contributed by atoms with van der Waals surface area (Å²) in [5.74, 6) is -0.268. The zero-order valence-corrected chi connectivity index (χ0v) is 12.7. The van der Waals surface area contributed by atoms with Crippen LogP contribution < -0.4 is 16.1 Å². The lowest BCUT2D eigenvalue weighted by Crippen LogP contribution is -3.14. The zero-order chi connectivity index (χ0) is 15.4. The van der Waals surface area contributed by atoms with Crippen molar-refractivity contribution in [2.24, 2.45) is 5.73 Å². The van der Waals surface area contributed by atoms with Crippen LogP contribution in [0.15, 0.2) is 23.0 Å². The highest BCUT2D eigenvalue weighted by atomic mass is 16.1. The lowest BCUT2D eigenvalue weighted by molar-refractivity contribution is -0.928. The maximum Gasteiger partial charge on any atom is 0.272 e. The number of quaternary nitrogens is 1. The number of nitrogens with one attached hydrogen (secondary N) is 1. The van der Waals surface area contributed by atoms with E-state index in [4.69, 9.17) is 5.73 Å². The molecule has 4 rings (SSSR count). The third kappa shape index (κ3) is 1.82. The lowest BCUT2D eigenvalue weighted by Gasteiger charge is -2.33. The van der Waals surface area contributed by atoms with Crippen LogP contribution in [0, 0.1) is 6.92 Å². The zero-order valence-electron chi connectivity index (χ0n) is 12.7. The van der Waals surface area contributed by atoms with Gasteiger partial charge in [0.15, 0.2) is 12.0 Å². The first-order valence-corrected chi connectivity index (χ1v) is 7.85. The summed E-state index contributed by atoms with van der Waals surface area (Å²) in [7, 11) is 0. The Kier molecular flexibility index (Phi) is 2.87. The highest BCUT2D eigenvalue weighted by molar-refractivity contribution is 5.81. The molecule has 2 heterocycles. The van der Waals surface area contributed by atoms with Crippen molar-refractivity contribution >= 4 is 16.8 Å². The van der Waals surface area contributed by atoms with E-state index in [1.165, 1.54) is 4.90 Å². The Labute approximate surface area is 128 Å². The van der Waals surface area contributed by atoms with E-state index < -0.39 is 0 Å². The maximum atomic E-state index is 12.8. The van der Waals surface area contributed by atoms with Gasteiger partial charge >= 0.3 is 0 Å². The SMILES string of the molecule is Cc1ccc2c(c1)c(=O)c1c3n2CC[NH+](CC(N)=O)[C@H]3CC1. The number of nitrogens with two attached hydrogens (primary N) is 1. The van der Waals surface area contributed by atoms with Crippen molar-refractivity contribution in [1.29, 1.82) is 0 Å². The molecule has 1 aromatic heterocycles. The molecule has 2 atom stereocenters. The molecule has 0 radical (unpaired) electrons. The first-order valence-electron chi connectivity index (χ1n) is 7.85. The number of amides is 1. The quantitative estimate of drug-likeness (QED) is 0.798. The molecule has 5 heteroatoms. The molecule has 2 aliphatic rings. The van der Waals surface area contributed by atoms with E-state index in [-0.39, 0.29) is 17.4 Å². The number of pyridine rings is 1. The Morgan fingerprint density at radius 1 is 1.45 bits per heavy atom. The third-order valence-corrected chi connectivity index (χ3v) is 5.13. The van der Waals surface area contributed by atoms with Crippen LogP contribution in [0.4, 0.5) is 0 Å². The number of primary amides is 1. The van der Waals surface area contributed by atoms with E-state index in [1.807, 2.05) is 13.0 Å². The molecule has 0 saturated carbocycles. The number of carbonyl (C=O) groups is 1. The molecule has 1 aliphatic carbocycles. The molecule has 0 fully saturated rings. The van der Waals surface area contributed by atoms with Crippen LogP contribution in [-0.4, -0.2) is 23.6 Å². The molecule has 0 bridgehead atoms. The van der Waals surface area contributed by atoms with Gasteiger partial charge in [-0.15, -0.1) is 0 Å². The Balaban J connectivity index is 1.96. The first-order chi connectivity index (χ1) is 10.6. The minimum atomic E-state index is -0.268. The van der Waals surface area contributed by atoms with Crippen LogP contribution >= 0.6 is 0 Å². The Bertz CT molecular complexity index is 853. The minimum absolute atomic E-state index is 0.174. The predicted octanol–water partition coefficient (Wildman–Crippen LogP) is -0.319. The fraction of sp³-hybridized carbons (Fsp3) is 0.412. The number of aromatic nitrogens is 1. The number of hydrogen-bond acceptors (Lipinski definition) is 2. The summed E-state index contributed by atoms with van der Waals surface area (Å²) in [5.41, 5.74) is 9.79. The van der Waals surface area contributed by atoms with Crippen molar-refractivity contribution in [2.75, 3.05) is 13.1 Å². The van der Waals surface area contributed by atoms with Gasteiger partial charge in [0, 0.05) is 17.4 Å².